The smallest absolute Gasteiger partial charge is 0.241 e. The van der Waals surface area contributed by atoms with Crippen molar-refractivity contribution in [2.24, 2.45) is 0 Å². The van der Waals surface area contributed by atoms with Crippen molar-refractivity contribution in [2.75, 3.05) is 33.3 Å². The predicted octanol–water partition coefficient (Wildman–Crippen LogP) is 3.39. The first-order valence-electron chi connectivity index (χ1n) is 10.2. The monoisotopic (exact) mass is 408 g/mol. The lowest BCUT2D eigenvalue weighted by Gasteiger charge is -2.34. The molecule has 0 bridgehead atoms. The lowest BCUT2D eigenvalue weighted by molar-refractivity contribution is 0.111. The van der Waals surface area contributed by atoms with Gasteiger partial charge in [0.1, 0.15) is 11.5 Å². The molecular formula is C23H28N4O3. The fourth-order valence-electron chi connectivity index (χ4n) is 3.70. The second kappa shape index (κ2) is 8.85. The molecule has 4 rings (SSSR count). The van der Waals surface area contributed by atoms with Gasteiger partial charge in [0.15, 0.2) is 0 Å². The Morgan fingerprint density at radius 3 is 2.27 bits per heavy atom. The summed E-state index contributed by atoms with van der Waals surface area (Å²) in [6, 6.07) is 11.6. The highest BCUT2D eigenvalue weighted by molar-refractivity contribution is 5.55. The van der Waals surface area contributed by atoms with Crippen molar-refractivity contribution in [3.63, 3.8) is 0 Å². The van der Waals surface area contributed by atoms with Gasteiger partial charge >= 0.3 is 0 Å². The molecule has 2 aromatic carbocycles. The Balaban J connectivity index is 1.31. The molecule has 0 radical (unpaired) electrons. The summed E-state index contributed by atoms with van der Waals surface area (Å²) in [5.41, 5.74) is 4.23. The summed E-state index contributed by atoms with van der Waals surface area (Å²) >= 11 is 0. The largest absolute Gasteiger partial charge is 0.508 e. The highest BCUT2D eigenvalue weighted by Crippen LogP contribution is 2.24. The molecule has 1 saturated heterocycles. The third-order valence-corrected chi connectivity index (χ3v) is 5.73. The zero-order chi connectivity index (χ0) is 21.1. The number of phenolic OH excluding ortho intramolecular Hbond substituents is 1. The minimum Gasteiger partial charge on any atom is -0.508 e. The lowest BCUT2D eigenvalue weighted by Crippen LogP contribution is -2.45. The summed E-state index contributed by atoms with van der Waals surface area (Å²) in [4.78, 5) is 9.23. The van der Waals surface area contributed by atoms with Gasteiger partial charge in [0.2, 0.25) is 11.7 Å². The number of rotatable bonds is 6. The molecule has 1 fully saturated rings. The number of piperazine rings is 1. The Labute approximate surface area is 176 Å². The maximum Gasteiger partial charge on any atom is 0.241 e. The van der Waals surface area contributed by atoms with Crippen LogP contribution in [0.3, 0.4) is 0 Å². The highest BCUT2D eigenvalue weighted by Gasteiger charge is 2.20. The van der Waals surface area contributed by atoms with E-state index in [9.17, 15) is 5.11 Å². The van der Waals surface area contributed by atoms with E-state index in [-0.39, 0.29) is 0 Å². The van der Waals surface area contributed by atoms with Crippen LogP contribution in [0.15, 0.2) is 40.9 Å². The molecule has 0 amide bonds. The number of benzene rings is 2. The van der Waals surface area contributed by atoms with Crippen LogP contribution in [0, 0.1) is 13.8 Å². The summed E-state index contributed by atoms with van der Waals surface area (Å²) in [6.45, 7) is 9.24. The van der Waals surface area contributed by atoms with Crippen molar-refractivity contribution in [2.45, 2.75) is 26.9 Å². The molecule has 0 aliphatic carbocycles. The molecule has 3 aromatic rings. The molecule has 7 heteroatoms. The van der Waals surface area contributed by atoms with Crippen molar-refractivity contribution < 1.29 is 14.4 Å². The fraction of sp³-hybridized carbons (Fsp3) is 0.391. The minimum absolute atomic E-state index is 0.387. The molecule has 1 aromatic heterocycles. The van der Waals surface area contributed by atoms with E-state index in [1.807, 2.05) is 37.3 Å². The predicted molar refractivity (Wildman–Crippen MR) is 114 cm³/mol. The van der Waals surface area contributed by atoms with E-state index in [1.165, 1.54) is 5.56 Å². The van der Waals surface area contributed by atoms with Gasteiger partial charge in [-0.1, -0.05) is 11.2 Å². The van der Waals surface area contributed by atoms with Gasteiger partial charge in [-0.25, -0.2) is 0 Å². The number of hydrogen-bond acceptors (Lipinski definition) is 7. The normalized spacial score (nSPS) is 15.4. The van der Waals surface area contributed by atoms with Crippen LogP contribution < -0.4 is 4.74 Å². The minimum atomic E-state index is 0.387. The number of methoxy groups -OCH3 is 1. The average molecular weight is 409 g/mol. The summed E-state index contributed by atoms with van der Waals surface area (Å²) in [5.74, 6) is 2.41. The van der Waals surface area contributed by atoms with Gasteiger partial charge in [-0.3, -0.25) is 9.80 Å². The molecule has 1 aliphatic heterocycles. The van der Waals surface area contributed by atoms with Gasteiger partial charge in [0.25, 0.3) is 0 Å². The average Bonchev–Trinajstić information content (AvgIpc) is 3.22. The van der Waals surface area contributed by atoms with Gasteiger partial charge in [0.05, 0.1) is 13.7 Å². The van der Waals surface area contributed by atoms with Crippen LogP contribution in [0.5, 0.6) is 11.5 Å². The van der Waals surface area contributed by atoms with Gasteiger partial charge in [-0.2, -0.15) is 4.98 Å². The molecule has 0 spiro atoms. The Bertz CT molecular complexity index is 992. The first-order chi connectivity index (χ1) is 14.5. The first kappa shape index (κ1) is 20.4. The Kier molecular flexibility index (Phi) is 6.01. The van der Waals surface area contributed by atoms with Crippen molar-refractivity contribution in [3.8, 4) is 22.9 Å². The van der Waals surface area contributed by atoms with E-state index in [0.717, 1.165) is 55.2 Å². The van der Waals surface area contributed by atoms with Crippen LogP contribution in [0.2, 0.25) is 0 Å². The molecule has 2 heterocycles. The van der Waals surface area contributed by atoms with E-state index < -0.39 is 0 Å². The summed E-state index contributed by atoms with van der Waals surface area (Å²) in [5, 5.41) is 14.4. The molecule has 30 heavy (non-hydrogen) atoms. The Hall–Kier alpha value is -2.90. The van der Waals surface area contributed by atoms with Gasteiger partial charge in [-0.15, -0.1) is 0 Å². The van der Waals surface area contributed by atoms with Crippen LogP contribution in [-0.4, -0.2) is 58.3 Å². The maximum atomic E-state index is 10.2. The first-order valence-corrected chi connectivity index (χ1v) is 10.2. The van der Waals surface area contributed by atoms with Crippen molar-refractivity contribution >= 4 is 0 Å². The van der Waals surface area contributed by atoms with Gasteiger partial charge in [-0.05, 0) is 55.3 Å². The van der Waals surface area contributed by atoms with Crippen LogP contribution >= 0.6 is 0 Å². The molecule has 1 N–H and O–H groups in total. The quantitative estimate of drug-likeness (QED) is 0.670. The van der Waals surface area contributed by atoms with E-state index in [4.69, 9.17) is 9.26 Å². The van der Waals surface area contributed by atoms with Crippen molar-refractivity contribution in [1.82, 2.24) is 19.9 Å². The summed E-state index contributed by atoms with van der Waals surface area (Å²) < 4.78 is 10.6. The SMILES string of the molecule is COc1ccc(-c2noc(CN3CCN(Cc4cc(C)c(C)cc4O)CC3)n2)cc1. The number of hydrogen-bond donors (Lipinski definition) is 1. The zero-order valence-corrected chi connectivity index (χ0v) is 17.8. The molecule has 0 unspecified atom stereocenters. The highest BCUT2D eigenvalue weighted by atomic mass is 16.5. The summed E-state index contributed by atoms with van der Waals surface area (Å²) in [6.07, 6.45) is 0. The van der Waals surface area contributed by atoms with Crippen LogP contribution in [0.25, 0.3) is 11.4 Å². The number of aromatic hydroxyl groups is 1. The number of phenols is 1. The zero-order valence-electron chi connectivity index (χ0n) is 17.8. The number of nitrogens with zero attached hydrogens (tertiary/aromatic N) is 4. The van der Waals surface area contributed by atoms with E-state index in [0.29, 0.717) is 24.0 Å². The fourth-order valence-corrected chi connectivity index (χ4v) is 3.70. The van der Waals surface area contributed by atoms with E-state index >= 15 is 0 Å². The standard InChI is InChI=1S/C23H28N4O3/c1-16-12-19(21(28)13-17(16)2)14-26-8-10-27(11-9-26)15-22-24-23(25-30-22)18-4-6-20(29-3)7-5-18/h4-7,12-13,28H,8-11,14-15H2,1-3H3. The second-order valence-corrected chi connectivity index (χ2v) is 7.86. The molecule has 158 valence electrons. The van der Waals surface area contributed by atoms with Crippen molar-refractivity contribution in [1.29, 1.82) is 0 Å². The molecular weight excluding hydrogens is 380 g/mol. The van der Waals surface area contributed by atoms with Crippen LogP contribution in [-0.2, 0) is 13.1 Å². The lowest BCUT2D eigenvalue weighted by atomic mass is 10.0. The third kappa shape index (κ3) is 4.63. The third-order valence-electron chi connectivity index (χ3n) is 5.73. The summed E-state index contributed by atoms with van der Waals surface area (Å²) in [7, 11) is 1.64. The number of aryl methyl sites for hydroxylation is 2. The van der Waals surface area contributed by atoms with Crippen molar-refractivity contribution in [3.05, 3.63) is 59.0 Å². The molecule has 0 saturated carbocycles. The van der Waals surface area contributed by atoms with Gasteiger partial charge < -0.3 is 14.4 Å². The van der Waals surface area contributed by atoms with E-state index in [2.05, 4.69) is 32.9 Å². The number of ether oxygens (including phenoxy) is 1. The van der Waals surface area contributed by atoms with Crippen LogP contribution in [0.4, 0.5) is 0 Å². The maximum absolute atomic E-state index is 10.2. The van der Waals surface area contributed by atoms with Gasteiger partial charge in [0, 0.05) is 43.9 Å². The molecule has 0 atom stereocenters. The van der Waals surface area contributed by atoms with Crippen LogP contribution in [0.1, 0.15) is 22.6 Å². The Morgan fingerprint density at radius 1 is 0.967 bits per heavy atom. The topological polar surface area (TPSA) is 74.9 Å². The Morgan fingerprint density at radius 2 is 1.60 bits per heavy atom. The van der Waals surface area contributed by atoms with E-state index in [1.54, 1.807) is 7.11 Å². The molecule has 7 nitrogen and oxygen atoms in total. The molecule has 1 aliphatic rings. The number of aromatic nitrogens is 2. The second-order valence-electron chi connectivity index (χ2n) is 7.86.